The van der Waals surface area contributed by atoms with Gasteiger partial charge in [-0.3, -0.25) is 0 Å². The third-order valence-corrected chi connectivity index (χ3v) is 2.70. The molecule has 0 heterocycles. The van der Waals surface area contributed by atoms with Crippen LogP contribution in [0.25, 0.3) is 0 Å². The van der Waals surface area contributed by atoms with Gasteiger partial charge in [0.25, 0.3) is 0 Å². The normalized spacial score (nSPS) is 10.0. The molecule has 0 aliphatic rings. The Morgan fingerprint density at radius 2 is 1.70 bits per heavy atom. The number of carbonyl (C=O) groups is 2. The summed E-state index contributed by atoms with van der Waals surface area (Å²) in [6, 6.07) is 12.1. The van der Waals surface area contributed by atoms with Gasteiger partial charge in [-0.25, -0.2) is 9.59 Å². The minimum Gasteiger partial charge on any atom is -0.508 e. The second-order valence-electron chi connectivity index (χ2n) is 4.09. The molecule has 5 nitrogen and oxygen atoms in total. The van der Waals surface area contributed by atoms with E-state index in [-0.39, 0.29) is 23.5 Å². The SMILES string of the molecule is O=C(O)c1cccc(C(=O)OCc2ccccc2O)c1. The first-order valence-corrected chi connectivity index (χ1v) is 5.85. The summed E-state index contributed by atoms with van der Waals surface area (Å²) in [5.41, 5.74) is 0.651. The minimum atomic E-state index is -1.11. The lowest BCUT2D eigenvalue weighted by Gasteiger charge is -2.07. The number of hydrogen-bond donors (Lipinski definition) is 2. The summed E-state index contributed by atoms with van der Waals surface area (Å²) in [5, 5.41) is 18.4. The number of esters is 1. The van der Waals surface area contributed by atoms with Crippen LogP contribution in [0.1, 0.15) is 26.3 Å². The number of ether oxygens (including phenoxy) is 1. The Balaban J connectivity index is 2.07. The van der Waals surface area contributed by atoms with Crippen molar-refractivity contribution in [3.05, 3.63) is 65.2 Å². The molecule has 5 heteroatoms. The van der Waals surface area contributed by atoms with Crippen molar-refractivity contribution >= 4 is 11.9 Å². The lowest BCUT2D eigenvalue weighted by atomic mass is 10.1. The van der Waals surface area contributed by atoms with Crippen LogP contribution in [0.15, 0.2) is 48.5 Å². The molecule has 0 unspecified atom stereocenters. The van der Waals surface area contributed by atoms with Crippen LogP contribution in [-0.4, -0.2) is 22.2 Å². The van der Waals surface area contributed by atoms with Crippen molar-refractivity contribution in [3.8, 4) is 5.75 Å². The van der Waals surface area contributed by atoms with E-state index in [0.29, 0.717) is 5.56 Å². The number of para-hydroxylation sites is 1. The number of aromatic hydroxyl groups is 1. The average molecular weight is 272 g/mol. The molecule has 0 aliphatic heterocycles. The number of hydrogen-bond acceptors (Lipinski definition) is 4. The van der Waals surface area contributed by atoms with Gasteiger partial charge >= 0.3 is 11.9 Å². The predicted molar refractivity (Wildman–Crippen MR) is 70.6 cm³/mol. The van der Waals surface area contributed by atoms with Gasteiger partial charge in [-0.2, -0.15) is 0 Å². The van der Waals surface area contributed by atoms with E-state index < -0.39 is 11.9 Å². The van der Waals surface area contributed by atoms with Crippen molar-refractivity contribution in [2.45, 2.75) is 6.61 Å². The number of carboxylic acids is 1. The van der Waals surface area contributed by atoms with Gasteiger partial charge in [-0.15, -0.1) is 0 Å². The predicted octanol–water partition coefficient (Wildman–Crippen LogP) is 2.45. The van der Waals surface area contributed by atoms with Crippen LogP contribution in [0.4, 0.5) is 0 Å². The Kier molecular flexibility index (Phi) is 4.00. The molecule has 0 saturated heterocycles. The molecule has 2 N–H and O–H groups in total. The number of carbonyl (C=O) groups excluding carboxylic acids is 1. The molecular formula is C15H12O5. The Morgan fingerprint density at radius 1 is 1.00 bits per heavy atom. The molecule has 0 saturated carbocycles. The van der Waals surface area contributed by atoms with E-state index in [1.165, 1.54) is 30.3 Å². The molecule has 0 spiro atoms. The summed E-state index contributed by atoms with van der Waals surface area (Å²) in [4.78, 5) is 22.6. The number of phenols is 1. The number of rotatable bonds is 4. The highest BCUT2D eigenvalue weighted by Gasteiger charge is 2.11. The Morgan fingerprint density at radius 3 is 2.40 bits per heavy atom. The lowest BCUT2D eigenvalue weighted by Crippen LogP contribution is -2.07. The number of benzene rings is 2. The number of carboxylic acid groups (broad SMARTS) is 1. The number of aromatic carboxylic acids is 1. The fourth-order valence-corrected chi connectivity index (χ4v) is 1.64. The molecule has 0 amide bonds. The van der Waals surface area contributed by atoms with Crippen molar-refractivity contribution in [1.82, 2.24) is 0 Å². The average Bonchev–Trinajstić information content (AvgIpc) is 2.46. The van der Waals surface area contributed by atoms with E-state index in [2.05, 4.69) is 0 Å². The van der Waals surface area contributed by atoms with Crippen molar-refractivity contribution in [2.75, 3.05) is 0 Å². The standard InChI is InChI=1S/C15H12O5/c16-13-7-2-1-4-12(13)9-20-15(19)11-6-3-5-10(8-11)14(17)18/h1-8,16H,9H2,(H,17,18). The van der Waals surface area contributed by atoms with Gasteiger partial charge in [0.2, 0.25) is 0 Å². The van der Waals surface area contributed by atoms with Crippen LogP contribution in [0.2, 0.25) is 0 Å². The fourth-order valence-electron chi connectivity index (χ4n) is 1.64. The van der Waals surface area contributed by atoms with Crippen molar-refractivity contribution < 1.29 is 24.5 Å². The van der Waals surface area contributed by atoms with Crippen LogP contribution in [0, 0.1) is 0 Å². The monoisotopic (exact) mass is 272 g/mol. The largest absolute Gasteiger partial charge is 0.508 e. The first-order chi connectivity index (χ1) is 9.58. The topological polar surface area (TPSA) is 83.8 Å². The Hall–Kier alpha value is -2.82. The third kappa shape index (κ3) is 3.14. The second-order valence-corrected chi connectivity index (χ2v) is 4.09. The van der Waals surface area contributed by atoms with Gasteiger partial charge in [0, 0.05) is 5.56 Å². The van der Waals surface area contributed by atoms with E-state index >= 15 is 0 Å². The van der Waals surface area contributed by atoms with Crippen LogP contribution < -0.4 is 0 Å². The highest BCUT2D eigenvalue weighted by Crippen LogP contribution is 2.17. The maximum Gasteiger partial charge on any atom is 0.338 e. The molecule has 102 valence electrons. The van der Waals surface area contributed by atoms with Gasteiger partial charge in [0.1, 0.15) is 12.4 Å². The first-order valence-electron chi connectivity index (χ1n) is 5.85. The van der Waals surface area contributed by atoms with Gasteiger partial charge < -0.3 is 14.9 Å². The molecule has 0 aromatic heterocycles. The fraction of sp³-hybridized carbons (Fsp3) is 0.0667. The van der Waals surface area contributed by atoms with E-state index in [1.807, 2.05) is 0 Å². The number of phenolic OH excluding ortho intramolecular Hbond substituents is 1. The second kappa shape index (κ2) is 5.88. The molecule has 0 atom stereocenters. The maximum absolute atomic E-state index is 11.8. The lowest BCUT2D eigenvalue weighted by molar-refractivity contribution is 0.0470. The summed E-state index contributed by atoms with van der Waals surface area (Å²) in [7, 11) is 0. The minimum absolute atomic E-state index is 0.0157. The molecule has 0 bridgehead atoms. The van der Waals surface area contributed by atoms with Gasteiger partial charge in [0.15, 0.2) is 0 Å². The zero-order chi connectivity index (χ0) is 14.5. The highest BCUT2D eigenvalue weighted by atomic mass is 16.5. The van der Waals surface area contributed by atoms with E-state index in [9.17, 15) is 14.7 Å². The smallest absolute Gasteiger partial charge is 0.338 e. The van der Waals surface area contributed by atoms with E-state index in [1.54, 1.807) is 18.2 Å². The molecule has 20 heavy (non-hydrogen) atoms. The van der Waals surface area contributed by atoms with Crippen LogP contribution >= 0.6 is 0 Å². The van der Waals surface area contributed by atoms with Gasteiger partial charge in [0.05, 0.1) is 11.1 Å². The highest BCUT2D eigenvalue weighted by molar-refractivity contribution is 5.94. The van der Waals surface area contributed by atoms with Crippen molar-refractivity contribution in [1.29, 1.82) is 0 Å². The molecule has 0 aliphatic carbocycles. The zero-order valence-corrected chi connectivity index (χ0v) is 10.4. The molecule has 2 aromatic rings. The third-order valence-electron chi connectivity index (χ3n) is 2.70. The molecular weight excluding hydrogens is 260 g/mol. The Bertz CT molecular complexity index is 648. The summed E-state index contributed by atoms with van der Waals surface area (Å²) in [6.45, 7) is -0.0805. The van der Waals surface area contributed by atoms with Gasteiger partial charge in [-0.1, -0.05) is 24.3 Å². The van der Waals surface area contributed by atoms with Crippen LogP contribution in [-0.2, 0) is 11.3 Å². The molecule has 2 rings (SSSR count). The zero-order valence-electron chi connectivity index (χ0n) is 10.4. The quantitative estimate of drug-likeness (QED) is 0.835. The van der Waals surface area contributed by atoms with Crippen LogP contribution in [0.3, 0.4) is 0 Å². The summed E-state index contributed by atoms with van der Waals surface area (Å²) >= 11 is 0. The first kappa shape index (κ1) is 13.6. The van der Waals surface area contributed by atoms with E-state index in [0.717, 1.165) is 0 Å². The molecule has 0 radical (unpaired) electrons. The summed E-state index contributed by atoms with van der Waals surface area (Å²) < 4.78 is 5.04. The van der Waals surface area contributed by atoms with Crippen molar-refractivity contribution in [3.63, 3.8) is 0 Å². The van der Waals surface area contributed by atoms with Gasteiger partial charge in [-0.05, 0) is 24.3 Å². The van der Waals surface area contributed by atoms with Crippen molar-refractivity contribution in [2.24, 2.45) is 0 Å². The Labute approximate surface area is 115 Å². The molecule has 0 fully saturated rings. The maximum atomic E-state index is 11.8. The molecule has 2 aromatic carbocycles. The summed E-state index contributed by atoms with van der Waals surface area (Å²) in [5.74, 6) is -1.71. The summed E-state index contributed by atoms with van der Waals surface area (Å²) in [6.07, 6.45) is 0. The van der Waals surface area contributed by atoms with Crippen LogP contribution in [0.5, 0.6) is 5.75 Å². The van der Waals surface area contributed by atoms with E-state index in [4.69, 9.17) is 9.84 Å².